The predicted molar refractivity (Wildman–Crippen MR) is 89.9 cm³/mol. The van der Waals surface area contributed by atoms with Gasteiger partial charge in [-0.3, -0.25) is 4.90 Å². The zero-order chi connectivity index (χ0) is 16.4. The summed E-state index contributed by atoms with van der Waals surface area (Å²) < 4.78 is 38.2. The lowest BCUT2D eigenvalue weighted by Gasteiger charge is -2.35. The van der Waals surface area contributed by atoms with E-state index in [0.29, 0.717) is 25.0 Å². The minimum absolute atomic E-state index is 0.229. The van der Waals surface area contributed by atoms with Gasteiger partial charge in [-0.15, -0.1) is 0 Å². The van der Waals surface area contributed by atoms with E-state index in [2.05, 4.69) is 11.0 Å². The summed E-state index contributed by atoms with van der Waals surface area (Å²) in [5.74, 6) is 0.190. The van der Waals surface area contributed by atoms with Gasteiger partial charge in [-0.1, -0.05) is 24.3 Å². The van der Waals surface area contributed by atoms with Gasteiger partial charge in [0, 0.05) is 32.2 Å². The fraction of sp³-hybridized carbons (Fsp3) is 0.529. The van der Waals surface area contributed by atoms with Crippen LogP contribution in [0.2, 0.25) is 0 Å². The van der Waals surface area contributed by atoms with Gasteiger partial charge < -0.3 is 0 Å². The van der Waals surface area contributed by atoms with Crippen molar-refractivity contribution in [2.24, 2.45) is 5.92 Å². The molecule has 0 saturated carbocycles. The third-order valence-electron chi connectivity index (χ3n) is 4.78. The molecule has 3 heterocycles. The molecule has 4 rings (SSSR count). The van der Waals surface area contributed by atoms with E-state index in [1.54, 1.807) is 16.4 Å². The highest BCUT2D eigenvalue weighted by molar-refractivity contribution is 7.88. The van der Waals surface area contributed by atoms with Crippen LogP contribution in [0, 0.1) is 11.7 Å². The molecule has 126 valence electrons. The van der Waals surface area contributed by atoms with Crippen LogP contribution in [0.4, 0.5) is 4.39 Å². The smallest absolute Gasteiger partial charge is 0.211 e. The van der Waals surface area contributed by atoms with Crippen molar-refractivity contribution in [3.8, 4) is 0 Å². The molecule has 4 nitrogen and oxygen atoms in total. The Morgan fingerprint density at radius 2 is 1.91 bits per heavy atom. The van der Waals surface area contributed by atoms with Crippen molar-refractivity contribution in [3.63, 3.8) is 0 Å². The van der Waals surface area contributed by atoms with Gasteiger partial charge in [-0.25, -0.2) is 17.1 Å². The molecular formula is C17H23FN2O2S. The second-order valence-corrected chi connectivity index (χ2v) is 8.57. The van der Waals surface area contributed by atoms with Gasteiger partial charge in [0.15, 0.2) is 0 Å². The van der Waals surface area contributed by atoms with Gasteiger partial charge >= 0.3 is 0 Å². The maximum Gasteiger partial charge on any atom is 0.211 e. The lowest BCUT2D eigenvalue weighted by Crippen LogP contribution is -2.44. The van der Waals surface area contributed by atoms with Crippen LogP contribution in [-0.2, 0) is 10.0 Å². The van der Waals surface area contributed by atoms with Crippen LogP contribution < -0.4 is 0 Å². The zero-order valence-corrected chi connectivity index (χ0v) is 14.2. The molecule has 3 aliphatic rings. The van der Waals surface area contributed by atoms with E-state index in [-0.39, 0.29) is 5.82 Å². The molecule has 0 aromatic heterocycles. The van der Waals surface area contributed by atoms with Crippen molar-refractivity contribution >= 4 is 16.1 Å². The van der Waals surface area contributed by atoms with E-state index in [1.807, 2.05) is 6.08 Å². The maximum absolute atomic E-state index is 12.9. The van der Waals surface area contributed by atoms with Crippen molar-refractivity contribution in [3.05, 3.63) is 41.7 Å². The Hall–Kier alpha value is -1.24. The summed E-state index contributed by atoms with van der Waals surface area (Å²) in [6, 6.07) is 6.72. The Balaban J connectivity index is 1.64. The van der Waals surface area contributed by atoms with Gasteiger partial charge in [-0.2, -0.15) is 0 Å². The summed E-state index contributed by atoms with van der Waals surface area (Å²) in [6.45, 7) is 2.99. The fourth-order valence-corrected chi connectivity index (χ4v) is 4.45. The SMILES string of the molecule is CS(=O)(=O)N1C[C@@H]2CC[C@H](C1)N(C/C=C/c1ccc(F)cc1)C2. The second kappa shape index (κ2) is 6.71. The van der Waals surface area contributed by atoms with E-state index in [0.717, 1.165) is 31.5 Å². The number of nitrogens with zero attached hydrogens (tertiary/aromatic N) is 2. The number of hydrogen-bond donors (Lipinski definition) is 0. The summed E-state index contributed by atoms with van der Waals surface area (Å²) in [6.07, 6.45) is 7.54. The summed E-state index contributed by atoms with van der Waals surface area (Å²) in [7, 11) is -3.11. The highest BCUT2D eigenvalue weighted by Crippen LogP contribution is 2.28. The molecule has 3 aliphatic heterocycles. The molecule has 1 aromatic rings. The topological polar surface area (TPSA) is 40.6 Å². The fourth-order valence-electron chi connectivity index (χ4n) is 3.53. The molecule has 3 saturated heterocycles. The van der Waals surface area contributed by atoms with Crippen molar-refractivity contribution in [2.75, 3.05) is 32.4 Å². The zero-order valence-electron chi connectivity index (χ0n) is 13.4. The Labute approximate surface area is 137 Å². The normalized spacial score (nSPS) is 26.7. The Bertz CT molecular complexity index is 672. The first-order valence-corrected chi connectivity index (χ1v) is 9.88. The lowest BCUT2D eigenvalue weighted by atomic mass is 9.95. The molecule has 3 fully saturated rings. The number of benzene rings is 1. The molecule has 0 amide bonds. The molecular weight excluding hydrogens is 315 g/mol. The van der Waals surface area contributed by atoms with Crippen molar-refractivity contribution in [1.29, 1.82) is 0 Å². The third kappa shape index (κ3) is 4.19. The number of piperidine rings is 1. The molecule has 0 N–H and O–H groups in total. The highest BCUT2D eigenvalue weighted by Gasteiger charge is 2.37. The summed E-state index contributed by atoms with van der Waals surface area (Å²) in [5, 5.41) is 0. The Morgan fingerprint density at radius 1 is 1.17 bits per heavy atom. The van der Waals surface area contributed by atoms with Crippen molar-refractivity contribution in [1.82, 2.24) is 9.21 Å². The molecule has 2 bridgehead atoms. The lowest BCUT2D eigenvalue weighted by molar-refractivity contribution is 0.149. The van der Waals surface area contributed by atoms with E-state index in [9.17, 15) is 12.8 Å². The molecule has 0 aliphatic carbocycles. The molecule has 0 spiro atoms. The quantitative estimate of drug-likeness (QED) is 0.845. The number of rotatable bonds is 4. The summed E-state index contributed by atoms with van der Waals surface area (Å²) in [5.41, 5.74) is 0.976. The average Bonchev–Trinajstić information content (AvgIpc) is 2.81. The van der Waals surface area contributed by atoms with Crippen molar-refractivity contribution in [2.45, 2.75) is 18.9 Å². The van der Waals surface area contributed by atoms with Crippen LogP contribution in [0.3, 0.4) is 0 Å². The number of hydrogen-bond acceptors (Lipinski definition) is 3. The first-order valence-electron chi connectivity index (χ1n) is 8.03. The van der Waals surface area contributed by atoms with Crippen LogP contribution in [0.5, 0.6) is 0 Å². The third-order valence-corrected chi connectivity index (χ3v) is 6.02. The van der Waals surface area contributed by atoms with Gasteiger partial charge in [0.2, 0.25) is 10.0 Å². The largest absolute Gasteiger partial charge is 0.295 e. The van der Waals surface area contributed by atoms with Crippen molar-refractivity contribution < 1.29 is 12.8 Å². The van der Waals surface area contributed by atoms with Gasteiger partial charge in [0.05, 0.1) is 6.26 Å². The minimum Gasteiger partial charge on any atom is -0.295 e. The number of halogens is 1. The molecule has 1 aromatic carbocycles. The molecule has 6 heteroatoms. The van der Waals surface area contributed by atoms with Crippen LogP contribution in [-0.4, -0.2) is 56.1 Å². The molecule has 0 unspecified atom stereocenters. The van der Waals surface area contributed by atoms with E-state index < -0.39 is 10.0 Å². The monoisotopic (exact) mass is 338 g/mol. The van der Waals surface area contributed by atoms with E-state index >= 15 is 0 Å². The number of sulfonamides is 1. The number of fused-ring (bicyclic) bond motifs is 4. The maximum atomic E-state index is 12.9. The molecule has 2 atom stereocenters. The second-order valence-electron chi connectivity index (χ2n) is 6.58. The van der Waals surface area contributed by atoms with E-state index in [4.69, 9.17) is 0 Å². The van der Waals surface area contributed by atoms with Crippen LogP contribution in [0.15, 0.2) is 30.3 Å². The summed E-state index contributed by atoms with van der Waals surface area (Å²) in [4.78, 5) is 2.37. The van der Waals surface area contributed by atoms with Crippen LogP contribution in [0.1, 0.15) is 18.4 Å². The minimum atomic E-state index is -3.11. The highest BCUT2D eigenvalue weighted by atomic mass is 32.2. The predicted octanol–water partition coefficient (Wildman–Crippen LogP) is 2.19. The summed E-state index contributed by atoms with van der Waals surface area (Å²) >= 11 is 0. The Kier molecular flexibility index (Phi) is 4.85. The standard InChI is InChI=1S/C17H23FN2O2S/c1-23(21,22)20-12-15-6-9-17(13-20)19(11-15)10-2-3-14-4-7-16(18)8-5-14/h2-5,7-8,15,17H,6,9-13H2,1H3/b3-2+/t15-,17-/m1/s1. The first kappa shape index (κ1) is 16.6. The average molecular weight is 338 g/mol. The molecule has 23 heavy (non-hydrogen) atoms. The Morgan fingerprint density at radius 3 is 2.61 bits per heavy atom. The van der Waals surface area contributed by atoms with E-state index in [1.165, 1.54) is 18.4 Å². The van der Waals surface area contributed by atoms with Gasteiger partial charge in [0.1, 0.15) is 5.82 Å². The van der Waals surface area contributed by atoms with Crippen LogP contribution in [0.25, 0.3) is 6.08 Å². The van der Waals surface area contributed by atoms with Gasteiger partial charge in [-0.05, 0) is 36.5 Å². The first-order chi connectivity index (χ1) is 10.9. The van der Waals surface area contributed by atoms with Gasteiger partial charge in [0.25, 0.3) is 0 Å². The molecule has 0 radical (unpaired) electrons. The van der Waals surface area contributed by atoms with Crippen LogP contribution >= 0.6 is 0 Å².